The van der Waals surface area contributed by atoms with E-state index in [1.807, 2.05) is 0 Å². The van der Waals surface area contributed by atoms with Crippen molar-refractivity contribution in [2.75, 3.05) is 0 Å². The van der Waals surface area contributed by atoms with Crippen LogP contribution in [0.4, 0.5) is 0 Å². The fourth-order valence-electron chi connectivity index (χ4n) is 0.579. The van der Waals surface area contributed by atoms with E-state index in [-0.39, 0.29) is 0 Å². The second-order valence-corrected chi connectivity index (χ2v) is 2.32. The predicted octanol–water partition coefficient (Wildman–Crippen LogP) is 0.700. The molecule has 0 saturated heterocycles. The quantitative estimate of drug-likeness (QED) is 0.534. The lowest BCUT2D eigenvalue weighted by Crippen LogP contribution is -2.21. The summed E-state index contributed by atoms with van der Waals surface area (Å²) in [6, 6.07) is 0. The van der Waals surface area contributed by atoms with E-state index in [9.17, 15) is 0 Å². The minimum Gasteiger partial charge on any atom is -0.379 e. The van der Waals surface area contributed by atoms with Crippen molar-refractivity contribution >= 4 is 0 Å². The molecule has 0 spiro atoms. The van der Waals surface area contributed by atoms with Gasteiger partial charge in [-0.25, -0.2) is 0 Å². The van der Waals surface area contributed by atoms with Crippen molar-refractivity contribution in [1.82, 2.24) is 0 Å². The average molecular weight is 117 g/mol. The lowest BCUT2D eigenvalue weighted by molar-refractivity contribution is 0.151. The third kappa shape index (κ3) is 4.09. The minimum atomic E-state index is -0.620. The zero-order valence-corrected chi connectivity index (χ0v) is 5.59. The first kappa shape index (κ1) is 7.92. The SMILES string of the molecule is CC[C@H](C)C[C@H](N)O. The number of hydrogen-bond donors (Lipinski definition) is 2. The average Bonchev–Trinajstić information content (AvgIpc) is 1.65. The van der Waals surface area contributed by atoms with Crippen LogP contribution in [0.2, 0.25) is 0 Å². The van der Waals surface area contributed by atoms with Crippen molar-refractivity contribution in [2.24, 2.45) is 11.7 Å². The van der Waals surface area contributed by atoms with E-state index >= 15 is 0 Å². The van der Waals surface area contributed by atoms with Gasteiger partial charge in [-0.1, -0.05) is 20.3 Å². The summed E-state index contributed by atoms with van der Waals surface area (Å²) in [6.07, 6.45) is 1.19. The van der Waals surface area contributed by atoms with Gasteiger partial charge in [-0.2, -0.15) is 0 Å². The van der Waals surface area contributed by atoms with Gasteiger partial charge in [0.2, 0.25) is 0 Å². The summed E-state index contributed by atoms with van der Waals surface area (Å²) < 4.78 is 0. The molecule has 8 heavy (non-hydrogen) atoms. The molecule has 2 heteroatoms. The van der Waals surface area contributed by atoms with Gasteiger partial charge in [0, 0.05) is 0 Å². The van der Waals surface area contributed by atoms with Crippen LogP contribution in [0, 0.1) is 5.92 Å². The molecule has 50 valence electrons. The molecule has 0 heterocycles. The monoisotopic (exact) mass is 117 g/mol. The lowest BCUT2D eigenvalue weighted by Gasteiger charge is -2.08. The van der Waals surface area contributed by atoms with Gasteiger partial charge in [0.1, 0.15) is 6.23 Å². The Labute approximate surface area is 50.7 Å². The Bertz CT molecular complexity index is 54.5. The molecule has 0 aromatic carbocycles. The molecular formula is C6H15NO. The number of aliphatic hydroxyl groups excluding tert-OH is 1. The third-order valence-electron chi connectivity index (χ3n) is 1.34. The molecule has 0 aliphatic rings. The van der Waals surface area contributed by atoms with E-state index in [4.69, 9.17) is 10.8 Å². The van der Waals surface area contributed by atoms with Crippen molar-refractivity contribution in [3.05, 3.63) is 0 Å². The minimum absolute atomic E-state index is 0.551. The predicted molar refractivity (Wildman–Crippen MR) is 34.3 cm³/mol. The maximum atomic E-state index is 8.63. The summed E-state index contributed by atoms with van der Waals surface area (Å²) in [5, 5.41) is 8.63. The van der Waals surface area contributed by atoms with Crippen LogP contribution in [-0.2, 0) is 0 Å². The second kappa shape index (κ2) is 3.87. The molecule has 3 N–H and O–H groups in total. The molecule has 0 aromatic heterocycles. The largest absolute Gasteiger partial charge is 0.379 e. The van der Waals surface area contributed by atoms with Crippen LogP contribution in [0.1, 0.15) is 26.7 Å². The Morgan fingerprint density at radius 1 is 1.62 bits per heavy atom. The summed E-state index contributed by atoms with van der Waals surface area (Å²) >= 11 is 0. The topological polar surface area (TPSA) is 46.2 Å². The second-order valence-electron chi connectivity index (χ2n) is 2.32. The smallest absolute Gasteiger partial charge is 0.102 e. The van der Waals surface area contributed by atoms with Gasteiger partial charge < -0.3 is 10.8 Å². The Kier molecular flexibility index (Phi) is 3.83. The fraction of sp³-hybridized carbons (Fsp3) is 1.00. The molecule has 0 aromatic rings. The van der Waals surface area contributed by atoms with Gasteiger partial charge in [0.25, 0.3) is 0 Å². The molecule has 0 aliphatic carbocycles. The van der Waals surface area contributed by atoms with Crippen LogP contribution in [0.15, 0.2) is 0 Å². The molecule has 0 fully saturated rings. The maximum absolute atomic E-state index is 8.63. The van der Waals surface area contributed by atoms with Gasteiger partial charge in [0.05, 0.1) is 0 Å². The Morgan fingerprint density at radius 3 is 2.25 bits per heavy atom. The third-order valence-corrected chi connectivity index (χ3v) is 1.34. The Hall–Kier alpha value is -0.0800. The van der Waals surface area contributed by atoms with Gasteiger partial charge in [-0.05, 0) is 12.3 Å². The van der Waals surface area contributed by atoms with Crippen molar-refractivity contribution < 1.29 is 5.11 Å². The van der Waals surface area contributed by atoms with Crippen LogP contribution in [0.3, 0.4) is 0 Å². The van der Waals surface area contributed by atoms with Crippen molar-refractivity contribution in [2.45, 2.75) is 32.9 Å². The summed E-state index contributed by atoms with van der Waals surface area (Å²) in [6.45, 7) is 4.17. The van der Waals surface area contributed by atoms with E-state index in [0.717, 1.165) is 12.8 Å². The molecule has 2 nitrogen and oxygen atoms in total. The van der Waals surface area contributed by atoms with Crippen molar-refractivity contribution in [3.63, 3.8) is 0 Å². The normalized spacial score (nSPS) is 18.0. The van der Waals surface area contributed by atoms with Crippen LogP contribution in [0.5, 0.6) is 0 Å². The van der Waals surface area contributed by atoms with Gasteiger partial charge in [0.15, 0.2) is 0 Å². The highest BCUT2D eigenvalue weighted by atomic mass is 16.3. The van der Waals surface area contributed by atoms with E-state index in [0.29, 0.717) is 5.92 Å². The molecule has 0 aliphatic heterocycles. The van der Waals surface area contributed by atoms with Crippen LogP contribution in [-0.4, -0.2) is 11.3 Å². The summed E-state index contributed by atoms with van der Waals surface area (Å²) in [7, 11) is 0. The first-order chi connectivity index (χ1) is 3.66. The molecule has 0 radical (unpaired) electrons. The highest BCUT2D eigenvalue weighted by Crippen LogP contribution is 2.06. The van der Waals surface area contributed by atoms with Gasteiger partial charge in [-0.15, -0.1) is 0 Å². The van der Waals surface area contributed by atoms with E-state index in [2.05, 4.69) is 13.8 Å². The number of nitrogens with two attached hydrogens (primary N) is 1. The molecular weight excluding hydrogens is 102 g/mol. The molecule has 0 rings (SSSR count). The van der Waals surface area contributed by atoms with Gasteiger partial charge in [-0.3, -0.25) is 0 Å². The Balaban J connectivity index is 3.10. The number of hydrogen-bond acceptors (Lipinski definition) is 2. The first-order valence-electron chi connectivity index (χ1n) is 3.10. The first-order valence-corrected chi connectivity index (χ1v) is 3.10. The maximum Gasteiger partial charge on any atom is 0.102 e. The van der Waals surface area contributed by atoms with Crippen LogP contribution < -0.4 is 5.73 Å². The summed E-state index contributed by atoms with van der Waals surface area (Å²) in [5.41, 5.74) is 5.12. The zero-order valence-electron chi connectivity index (χ0n) is 5.59. The van der Waals surface area contributed by atoms with Crippen molar-refractivity contribution in [1.29, 1.82) is 0 Å². The molecule has 0 amide bonds. The number of rotatable bonds is 3. The van der Waals surface area contributed by atoms with Gasteiger partial charge >= 0.3 is 0 Å². The number of aliphatic hydroxyl groups is 1. The molecule has 0 bridgehead atoms. The zero-order chi connectivity index (χ0) is 6.57. The van der Waals surface area contributed by atoms with E-state index < -0.39 is 6.23 Å². The lowest BCUT2D eigenvalue weighted by atomic mass is 10.1. The summed E-state index contributed by atoms with van der Waals surface area (Å²) in [5.74, 6) is 0.551. The Morgan fingerprint density at radius 2 is 2.12 bits per heavy atom. The van der Waals surface area contributed by atoms with Crippen molar-refractivity contribution in [3.8, 4) is 0 Å². The highest BCUT2D eigenvalue weighted by Gasteiger charge is 2.01. The molecule has 0 unspecified atom stereocenters. The standard InChI is InChI=1S/C6H15NO/c1-3-5(2)4-6(7)8/h5-6,8H,3-4,7H2,1-2H3/t5-,6+/m0/s1. The van der Waals surface area contributed by atoms with Crippen LogP contribution >= 0.6 is 0 Å². The summed E-state index contributed by atoms with van der Waals surface area (Å²) in [4.78, 5) is 0. The molecule has 2 atom stereocenters. The highest BCUT2D eigenvalue weighted by molar-refractivity contribution is 4.52. The molecule has 0 saturated carbocycles. The van der Waals surface area contributed by atoms with E-state index in [1.165, 1.54) is 0 Å². The van der Waals surface area contributed by atoms with E-state index in [1.54, 1.807) is 0 Å². The van der Waals surface area contributed by atoms with Crippen LogP contribution in [0.25, 0.3) is 0 Å². The fourth-order valence-corrected chi connectivity index (χ4v) is 0.579.